The van der Waals surface area contributed by atoms with Gasteiger partial charge in [-0.2, -0.15) is 17.0 Å². The van der Waals surface area contributed by atoms with Crippen LogP contribution >= 0.6 is 23.4 Å². The maximum Gasteiger partial charge on any atom is 0.251 e. The molecule has 2 rings (SSSR count). The zero-order chi connectivity index (χ0) is 19.2. The van der Waals surface area contributed by atoms with Gasteiger partial charge >= 0.3 is 0 Å². The van der Waals surface area contributed by atoms with Crippen LogP contribution < -0.4 is 5.32 Å². The van der Waals surface area contributed by atoms with E-state index >= 15 is 0 Å². The van der Waals surface area contributed by atoms with E-state index in [4.69, 9.17) is 16.9 Å². The summed E-state index contributed by atoms with van der Waals surface area (Å²) in [7, 11) is -3.50. The summed E-state index contributed by atoms with van der Waals surface area (Å²) in [6.07, 6.45) is 1.05. The number of thioether (sulfide) groups is 1. The molecule has 0 atom stereocenters. The summed E-state index contributed by atoms with van der Waals surface area (Å²) in [5.41, 5.74) is 1.86. The molecular formula is C18H17ClN2O3S2. The van der Waals surface area contributed by atoms with Crippen LogP contribution in [-0.2, 0) is 15.6 Å². The lowest BCUT2D eigenvalue weighted by Gasteiger charge is -2.08. The highest BCUT2D eigenvalue weighted by atomic mass is 35.5. The lowest BCUT2D eigenvalue weighted by Crippen LogP contribution is -2.26. The Balaban J connectivity index is 1.87. The van der Waals surface area contributed by atoms with Crippen molar-refractivity contribution in [3.63, 3.8) is 0 Å². The van der Waals surface area contributed by atoms with E-state index in [1.807, 2.05) is 18.2 Å². The van der Waals surface area contributed by atoms with Gasteiger partial charge in [-0.1, -0.05) is 29.8 Å². The first-order valence-electron chi connectivity index (χ1n) is 7.66. The summed E-state index contributed by atoms with van der Waals surface area (Å²) >= 11 is 7.48. The molecule has 0 fully saturated rings. The van der Waals surface area contributed by atoms with E-state index in [0.717, 1.165) is 11.8 Å². The molecule has 0 spiro atoms. The van der Waals surface area contributed by atoms with Crippen LogP contribution in [-0.4, -0.2) is 32.9 Å². The van der Waals surface area contributed by atoms with Gasteiger partial charge in [-0.3, -0.25) is 4.79 Å². The molecule has 2 aromatic rings. The van der Waals surface area contributed by atoms with Crippen LogP contribution in [0.5, 0.6) is 0 Å². The van der Waals surface area contributed by atoms with E-state index in [1.165, 1.54) is 18.2 Å². The summed E-state index contributed by atoms with van der Waals surface area (Å²) in [6.45, 7) is 0.426. The van der Waals surface area contributed by atoms with Crippen LogP contribution in [0, 0.1) is 11.3 Å². The lowest BCUT2D eigenvalue weighted by atomic mass is 10.1. The third-order valence-corrected chi connectivity index (χ3v) is 6.11. The minimum absolute atomic E-state index is 0.0608. The molecule has 0 radical (unpaired) electrons. The minimum Gasteiger partial charge on any atom is -0.351 e. The summed E-state index contributed by atoms with van der Waals surface area (Å²) in [5, 5.41) is 11.9. The number of benzene rings is 2. The Morgan fingerprint density at radius 2 is 2.00 bits per heavy atom. The van der Waals surface area contributed by atoms with Gasteiger partial charge in [0, 0.05) is 29.9 Å². The van der Waals surface area contributed by atoms with Crippen LogP contribution in [0.25, 0.3) is 0 Å². The molecule has 0 saturated carbocycles. The van der Waals surface area contributed by atoms with Gasteiger partial charge in [0.2, 0.25) is 0 Å². The molecule has 8 heteroatoms. The third kappa shape index (κ3) is 5.49. The van der Waals surface area contributed by atoms with Crippen LogP contribution in [0.1, 0.15) is 21.5 Å². The molecule has 136 valence electrons. The Kier molecular flexibility index (Phi) is 7.09. The second kappa shape index (κ2) is 9.08. The monoisotopic (exact) mass is 408 g/mol. The first-order chi connectivity index (χ1) is 12.3. The van der Waals surface area contributed by atoms with Gasteiger partial charge in [0.1, 0.15) is 0 Å². The topological polar surface area (TPSA) is 87.0 Å². The van der Waals surface area contributed by atoms with Crippen molar-refractivity contribution in [2.75, 3.05) is 18.6 Å². The number of nitrogens with one attached hydrogen (secondary N) is 1. The zero-order valence-corrected chi connectivity index (χ0v) is 16.4. The van der Waals surface area contributed by atoms with Crippen molar-refractivity contribution >= 4 is 39.1 Å². The van der Waals surface area contributed by atoms with E-state index in [-0.39, 0.29) is 21.4 Å². The Morgan fingerprint density at radius 1 is 1.27 bits per heavy atom. The smallest absolute Gasteiger partial charge is 0.251 e. The molecule has 0 aliphatic carbocycles. The number of sulfone groups is 1. The van der Waals surface area contributed by atoms with Gasteiger partial charge in [-0.25, -0.2) is 8.42 Å². The number of carbonyl (C=O) groups excluding carboxylic acids is 1. The molecule has 5 nitrogen and oxygen atoms in total. The van der Waals surface area contributed by atoms with Gasteiger partial charge < -0.3 is 5.32 Å². The van der Waals surface area contributed by atoms with Crippen molar-refractivity contribution in [1.82, 2.24) is 5.32 Å². The number of nitriles is 1. The average Bonchev–Trinajstić information content (AvgIpc) is 2.61. The number of nitrogens with zero attached hydrogens (tertiary/aromatic N) is 1. The Bertz CT molecular complexity index is 953. The molecular weight excluding hydrogens is 392 g/mol. The van der Waals surface area contributed by atoms with Crippen molar-refractivity contribution in [1.29, 1.82) is 5.26 Å². The van der Waals surface area contributed by atoms with Crippen molar-refractivity contribution in [3.05, 3.63) is 64.2 Å². The zero-order valence-electron chi connectivity index (χ0n) is 14.0. The number of halogens is 1. The van der Waals surface area contributed by atoms with Gasteiger partial charge in [-0.05, 0) is 29.8 Å². The first-order valence-corrected chi connectivity index (χ1v) is 11.1. The Hall–Kier alpha value is -2.01. The van der Waals surface area contributed by atoms with Gasteiger partial charge in [0.15, 0.2) is 9.84 Å². The number of rotatable bonds is 7. The maximum absolute atomic E-state index is 12.2. The second-order valence-corrected chi connectivity index (χ2v) is 8.99. The highest BCUT2D eigenvalue weighted by Crippen LogP contribution is 2.22. The minimum atomic E-state index is -3.50. The molecule has 26 heavy (non-hydrogen) atoms. The van der Waals surface area contributed by atoms with Gasteiger partial charge in [0.05, 0.1) is 21.6 Å². The van der Waals surface area contributed by atoms with Crippen molar-refractivity contribution in [2.45, 2.75) is 10.6 Å². The summed E-state index contributed by atoms with van der Waals surface area (Å²) in [5.74, 6) is 0.987. The second-order valence-electron chi connectivity index (χ2n) is 5.49. The fourth-order valence-electron chi connectivity index (χ4n) is 2.20. The molecule has 0 heterocycles. The number of amides is 1. The molecule has 0 aromatic heterocycles. The van der Waals surface area contributed by atoms with Gasteiger partial charge in [-0.15, -0.1) is 0 Å². The predicted molar refractivity (Wildman–Crippen MR) is 104 cm³/mol. The highest BCUT2D eigenvalue weighted by Gasteiger charge is 2.15. The van der Waals surface area contributed by atoms with Crippen LogP contribution in [0.3, 0.4) is 0 Å². The summed E-state index contributed by atoms with van der Waals surface area (Å²) < 4.78 is 23.3. The van der Waals surface area contributed by atoms with E-state index in [0.29, 0.717) is 23.6 Å². The Morgan fingerprint density at radius 3 is 2.69 bits per heavy atom. The molecule has 1 N–H and O–H groups in total. The number of hydrogen-bond acceptors (Lipinski definition) is 5. The quantitative estimate of drug-likeness (QED) is 0.710. The van der Waals surface area contributed by atoms with E-state index in [2.05, 4.69) is 11.4 Å². The summed E-state index contributed by atoms with van der Waals surface area (Å²) in [6, 6.07) is 13.7. The van der Waals surface area contributed by atoms with Gasteiger partial charge in [0.25, 0.3) is 5.91 Å². The number of carbonyl (C=O) groups is 1. The normalized spacial score (nSPS) is 11.0. The molecule has 0 aliphatic rings. The highest BCUT2D eigenvalue weighted by molar-refractivity contribution is 7.98. The van der Waals surface area contributed by atoms with Crippen molar-refractivity contribution in [2.24, 2.45) is 0 Å². The molecule has 0 bridgehead atoms. The fourth-order valence-corrected chi connectivity index (χ4v) is 4.37. The van der Waals surface area contributed by atoms with Crippen LogP contribution in [0.15, 0.2) is 47.4 Å². The molecule has 0 saturated heterocycles. The van der Waals surface area contributed by atoms with E-state index < -0.39 is 9.84 Å². The molecule has 0 aliphatic heterocycles. The Labute approximate surface area is 162 Å². The van der Waals surface area contributed by atoms with E-state index in [1.54, 1.807) is 17.8 Å². The fraction of sp³-hybridized carbons (Fsp3) is 0.222. The predicted octanol–water partition coefficient (Wildman–Crippen LogP) is 3.28. The standard InChI is InChI=1S/C18H17ClN2O3S2/c1-26(23,24)17-10-13(6-7-16(17)19)18(22)21-8-9-25-12-15-5-3-2-4-14(15)11-20/h2-7,10H,8-9,12H2,1H3,(H,21,22). The summed E-state index contributed by atoms with van der Waals surface area (Å²) in [4.78, 5) is 12.1. The van der Waals surface area contributed by atoms with Crippen molar-refractivity contribution < 1.29 is 13.2 Å². The molecule has 1 amide bonds. The van der Waals surface area contributed by atoms with Crippen molar-refractivity contribution in [3.8, 4) is 6.07 Å². The molecule has 0 unspecified atom stereocenters. The van der Waals surface area contributed by atoms with Crippen LogP contribution in [0.2, 0.25) is 5.02 Å². The lowest BCUT2D eigenvalue weighted by molar-refractivity contribution is 0.0956. The average molecular weight is 409 g/mol. The SMILES string of the molecule is CS(=O)(=O)c1cc(C(=O)NCCSCc2ccccc2C#N)ccc1Cl. The first kappa shape index (κ1) is 20.3. The third-order valence-electron chi connectivity index (χ3n) is 3.52. The largest absolute Gasteiger partial charge is 0.351 e. The maximum atomic E-state index is 12.2. The number of hydrogen-bond donors (Lipinski definition) is 1. The van der Waals surface area contributed by atoms with Crippen LogP contribution in [0.4, 0.5) is 0 Å². The molecule has 2 aromatic carbocycles. The van der Waals surface area contributed by atoms with E-state index in [9.17, 15) is 13.2 Å².